The molecule has 0 rings (SSSR count). The van der Waals surface area contributed by atoms with Crippen molar-refractivity contribution in [2.45, 2.75) is 71.1 Å². The molecule has 0 aliphatic carbocycles. The minimum absolute atomic E-state index is 0.00503. The summed E-state index contributed by atoms with van der Waals surface area (Å²) >= 11 is 0. The highest BCUT2D eigenvalue weighted by Crippen LogP contribution is 2.11. The summed E-state index contributed by atoms with van der Waals surface area (Å²) in [6.45, 7) is 1.78. The van der Waals surface area contributed by atoms with Crippen molar-refractivity contribution in [2.24, 2.45) is 0 Å². The van der Waals surface area contributed by atoms with Gasteiger partial charge in [-0.1, -0.05) is 64.7 Å². The van der Waals surface area contributed by atoms with Crippen LogP contribution < -0.4 is 0 Å². The third-order valence-corrected chi connectivity index (χ3v) is 5.97. The molecule has 0 aromatic rings. The fraction of sp³-hybridized carbons (Fsp3) is 1.00. The summed E-state index contributed by atoms with van der Waals surface area (Å²) in [6, 6.07) is 0. The van der Waals surface area contributed by atoms with Crippen molar-refractivity contribution in [2.75, 3.05) is 31.3 Å². The Morgan fingerprint density at radius 1 is 0.680 bits per heavy atom. The van der Waals surface area contributed by atoms with Gasteiger partial charge in [0, 0.05) is 0 Å². The predicted octanol–water partition coefficient (Wildman–Crippen LogP) is 3.16. The van der Waals surface area contributed by atoms with E-state index in [-0.39, 0.29) is 31.3 Å². The molecule has 1 N–H and O–H groups in total. The Balaban J connectivity index is 3.46. The second kappa shape index (κ2) is 14.9. The van der Waals surface area contributed by atoms with Gasteiger partial charge in [0.1, 0.15) is 0 Å². The zero-order valence-electron chi connectivity index (χ0n) is 15.3. The molecule has 0 amide bonds. The van der Waals surface area contributed by atoms with Gasteiger partial charge >= 0.3 is 10.4 Å². The third kappa shape index (κ3) is 19.9. The minimum atomic E-state index is -4.47. The van der Waals surface area contributed by atoms with Crippen LogP contribution in [-0.2, 0) is 29.2 Å². The number of sulfone groups is 1. The normalized spacial score (nSPS) is 12.6. The van der Waals surface area contributed by atoms with Crippen LogP contribution in [-0.4, -0.2) is 52.7 Å². The van der Waals surface area contributed by atoms with Gasteiger partial charge in [0.2, 0.25) is 0 Å². The van der Waals surface area contributed by atoms with E-state index in [0.717, 1.165) is 12.8 Å². The molecule has 0 bridgehead atoms. The zero-order valence-corrected chi connectivity index (χ0v) is 17.0. The molecule has 0 unspecified atom stereocenters. The first-order chi connectivity index (χ1) is 11.8. The lowest BCUT2D eigenvalue weighted by Crippen LogP contribution is -2.17. The van der Waals surface area contributed by atoms with E-state index in [9.17, 15) is 16.8 Å². The van der Waals surface area contributed by atoms with E-state index >= 15 is 0 Å². The highest BCUT2D eigenvalue weighted by atomic mass is 32.3. The molecule has 0 aliphatic rings. The van der Waals surface area contributed by atoms with Crippen LogP contribution in [0, 0.1) is 0 Å². The fourth-order valence-corrected chi connectivity index (χ4v) is 3.90. The zero-order chi connectivity index (χ0) is 19.0. The van der Waals surface area contributed by atoms with Gasteiger partial charge in [0.25, 0.3) is 0 Å². The van der Waals surface area contributed by atoms with Gasteiger partial charge in [-0.15, -0.1) is 0 Å². The Labute approximate surface area is 153 Å². The molecule has 0 fully saturated rings. The molecule has 25 heavy (non-hydrogen) atoms. The maximum absolute atomic E-state index is 11.8. The first kappa shape index (κ1) is 24.8. The fourth-order valence-electron chi connectivity index (χ4n) is 2.40. The molecule has 0 saturated heterocycles. The van der Waals surface area contributed by atoms with Gasteiger partial charge in [-0.25, -0.2) is 12.6 Å². The molecule has 0 atom stereocenters. The van der Waals surface area contributed by atoms with Crippen LogP contribution in [0.3, 0.4) is 0 Å². The SMILES string of the molecule is CCCCCCCCCCCCS(=O)(=O)CCOCCOS(=O)(=O)O. The summed E-state index contributed by atoms with van der Waals surface area (Å²) in [5.41, 5.74) is 0. The largest absolute Gasteiger partial charge is 0.397 e. The van der Waals surface area contributed by atoms with Gasteiger partial charge < -0.3 is 4.74 Å². The maximum atomic E-state index is 11.8. The van der Waals surface area contributed by atoms with Gasteiger partial charge in [0.15, 0.2) is 9.84 Å². The smallest absolute Gasteiger partial charge is 0.378 e. The van der Waals surface area contributed by atoms with Crippen molar-refractivity contribution >= 4 is 20.2 Å². The molecule has 0 heterocycles. The van der Waals surface area contributed by atoms with Gasteiger partial charge in [0.05, 0.1) is 31.3 Å². The van der Waals surface area contributed by atoms with Crippen LogP contribution >= 0.6 is 0 Å². The number of rotatable bonds is 18. The Kier molecular flexibility index (Phi) is 14.8. The summed E-state index contributed by atoms with van der Waals surface area (Å²) in [4.78, 5) is 0. The molecule has 0 radical (unpaired) electrons. The first-order valence-electron chi connectivity index (χ1n) is 9.17. The van der Waals surface area contributed by atoms with E-state index in [1.54, 1.807) is 0 Å². The van der Waals surface area contributed by atoms with Crippen LogP contribution in [0.25, 0.3) is 0 Å². The van der Waals surface area contributed by atoms with Crippen LogP contribution in [0.2, 0.25) is 0 Å². The van der Waals surface area contributed by atoms with E-state index < -0.39 is 20.2 Å². The summed E-state index contributed by atoms with van der Waals surface area (Å²) in [5.74, 6) is 0.0741. The first-order valence-corrected chi connectivity index (χ1v) is 12.4. The number of ether oxygens (including phenoxy) is 1. The van der Waals surface area contributed by atoms with E-state index in [2.05, 4.69) is 11.1 Å². The molecule has 0 saturated carbocycles. The number of unbranched alkanes of at least 4 members (excludes halogenated alkanes) is 9. The topological polar surface area (TPSA) is 107 Å². The highest BCUT2D eigenvalue weighted by molar-refractivity contribution is 7.91. The Morgan fingerprint density at radius 2 is 1.20 bits per heavy atom. The summed E-state index contributed by atoms with van der Waals surface area (Å²) < 4.78 is 61.5. The average Bonchev–Trinajstić information content (AvgIpc) is 2.51. The van der Waals surface area contributed by atoms with Crippen LogP contribution in [0.1, 0.15) is 71.1 Å². The van der Waals surface area contributed by atoms with E-state index in [1.165, 1.54) is 44.9 Å². The molecular formula is C16H34O7S2. The standard InChI is InChI=1S/C16H34O7S2/c1-2-3-4-5-6-7-8-9-10-11-15-24(17,18)16-14-22-12-13-23-25(19,20)21/h2-16H2,1H3,(H,19,20,21). The lowest BCUT2D eigenvalue weighted by atomic mass is 10.1. The second-order valence-corrected chi connectivity index (χ2v) is 9.59. The van der Waals surface area contributed by atoms with Crippen molar-refractivity contribution in [1.82, 2.24) is 0 Å². The van der Waals surface area contributed by atoms with Crippen molar-refractivity contribution in [3.8, 4) is 0 Å². The molecule has 152 valence electrons. The summed E-state index contributed by atoms with van der Waals surface area (Å²) in [5, 5.41) is 0. The van der Waals surface area contributed by atoms with Crippen molar-refractivity contribution in [3.05, 3.63) is 0 Å². The lowest BCUT2D eigenvalue weighted by Gasteiger charge is -2.06. The van der Waals surface area contributed by atoms with Crippen molar-refractivity contribution in [1.29, 1.82) is 0 Å². The van der Waals surface area contributed by atoms with E-state index in [4.69, 9.17) is 9.29 Å². The Hall–Kier alpha value is -0.220. The third-order valence-electron chi connectivity index (χ3n) is 3.81. The molecule has 0 aliphatic heterocycles. The van der Waals surface area contributed by atoms with Gasteiger partial charge in [-0.3, -0.25) is 4.55 Å². The minimum Gasteiger partial charge on any atom is -0.378 e. The van der Waals surface area contributed by atoms with Crippen LogP contribution in [0.4, 0.5) is 0 Å². The van der Waals surface area contributed by atoms with E-state index in [1.807, 2.05) is 0 Å². The molecule has 0 aromatic carbocycles. The summed E-state index contributed by atoms with van der Waals surface area (Å²) in [7, 11) is -7.60. The maximum Gasteiger partial charge on any atom is 0.397 e. The molecule has 0 aromatic heterocycles. The lowest BCUT2D eigenvalue weighted by molar-refractivity contribution is 0.108. The molecule has 0 spiro atoms. The van der Waals surface area contributed by atoms with Gasteiger partial charge in [-0.2, -0.15) is 8.42 Å². The number of hydrogen-bond donors (Lipinski definition) is 1. The molecular weight excluding hydrogens is 368 g/mol. The van der Waals surface area contributed by atoms with E-state index in [0.29, 0.717) is 6.42 Å². The second-order valence-electron chi connectivity index (χ2n) is 6.20. The van der Waals surface area contributed by atoms with Gasteiger partial charge in [-0.05, 0) is 6.42 Å². The van der Waals surface area contributed by atoms with Crippen LogP contribution in [0.15, 0.2) is 0 Å². The quantitative estimate of drug-likeness (QED) is 0.277. The molecule has 7 nitrogen and oxygen atoms in total. The average molecular weight is 403 g/mol. The van der Waals surface area contributed by atoms with Crippen LogP contribution in [0.5, 0.6) is 0 Å². The predicted molar refractivity (Wildman–Crippen MR) is 98.8 cm³/mol. The molecule has 9 heteroatoms. The van der Waals surface area contributed by atoms with Crippen molar-refractivity contribution < 1.29 is 30.3 Å². The summed E-state index contributed by atoms with van der Waals surface area (Å²) in [6.07, 6.45) is 11.5. The van der Waals surface area contributed by atoms with Crippen molar-refractivity contribution in [3.63, 3.8) is 0 Å². The Bertz CT molecular complexity index is 501. The Morgan fingerprint density at radius 3 is 1.72 bits per heavy atom. The number of hydrogen-bond acceptors (Lipinski definition) is 6. The monoisotopic (exact) mass is 402 g/mol. The highest BCUT2D eigenvalue weighted by Gasteiger charge is 2.10.